The highest BCUT2D eigenvalue weighted by Crippen LogP contribution is 2.18. The fraction of sp³-hybridized carbons (Fsp3) is 0.167. The lowest BCUT2D eigenvalue weighted by molar-refractivity contribution is 0.177. The number of hydrogen-bond acceptors (Lipinski definition) is 4. The molecule has 0 saturated heterocycles. The van der Waals surface area contributed by atoms with Crippen LogP contribution in [0.2, 0.25) is 0 Å². The Morgan fingerprint density at radius 2 is 2.25 bits per heavy atom. The summed E-state index contributed by atoms with van der Waals surface area (Å²) in [4.78, 5) is 4.96. The highest BCUT2D eigenvalue weighted by Gasteiger charge is 2.09. The molecule has 2 rings (SSSR count). The number of anilines is 2. The summed E-state index contributed by atoms with van der Waals surface area (Å²) in [5, 5.41) is 3.96. The summed E-state index contributed by atoms with van der Waals surface area (Å²) in [5.41, 5.74) is 12.4. The maximum Gasteiger partial charge on any atom is 0.196 e. The third kappa shape index (κ3) is 0.659. The average Bonchev–Trinajstić information content (AvgIpc) is 2.55. The van der Waals surface area contributed by atoms with Gasteiger partial charge >= 0.3 is 0 Å². The van der Waals surface area contributed by atoms with E-state index in [0.717, 1.165) is 0 Å². The zero-order chi connectivity index (χ0) is 8.72. The van der Waals surface area contributed by atoms with Crippen LogP contribution < -0.4 is 16.3 Å². The van der Waals surface area contributed by atoms with Crippen molar-refractivity contribution in [2.45, 2.75) is 0 Å². The smallest absolute Gasteiger partial charge is 0.196 e. The molecule has 6 nitrogen and oxygen atoms in total. The molecule has 0 saturated carbocycles. The van der Waals surface area contributed by atoms with Crippen LogP contribution in [0.25, 0.3) is 5.65 Å². The SMILES string of the molecule is COn1cnn2c(N)cc(N)c12. The maximum absolute atomic E-state index is 5.66. The van der Waals surface area contributed by atoms with Crippen LogP contribution in [0.3, 0.4) is 0 Å². The van der Waals surface area contributed by atoms with Crippen LogP contribution in [0.15, 0.2) is 12.4 Å². The molecule has 0 aromatic carbocycles. The van der Waals surface area contributed by atoms with E-state index in [-0.39, 0.29) is 0 Å². The maximum atomic E-state index is 5.66. The van der Waals surface area contributed by atoms with E-state index in [1.54, 1.807) is 6.07 Å². The molecular weight excluding hydrogens is 158 g/mol. The number of nitrogen functional groups attached to an aromatic ring is 2. The average molecular weight is 167 g/mol. The van der Waals surface area contributed by atoms with E-state index < -0.39 is 0 Å². The minimum Gasteiger partial charge on any atom is -0.414 e. The predicted molar refractivity (Wildman–Crippen MR) is 44.5 cm³/mol. The van der Waals surface area contributed by atoms with Crippen LogP contribution >= 0.6 is 0 Å². The van der Waals surface area contributed by atoms with Crippen molar-refractivity contribution in [3.05, 3.63) is 12.4 Å². The van der Waals surface area contributed by atoms with Gasteiger partial charge in [0.15, 0.2) is 12.0 Å². The first kappa shape index (κ1) is 6.84. The van der Waals surface area contributed by atoms with E-state index in [0.29, 0.717) is 17.2 Å². The summed E-state index contributed by atoms with van der Waals surface area (Å²) < 4.78 is 2.96. The van der Waals surface area contributed by atoms with Crippen molar-refractivity contribution in [1.29, 1.82) is 0 Å². The number of nitrogens with two attached hydrogens (primary N) is 2. The number of nitrogens with zero attached hydrogens (tertiary/aromatic N) is 3. The fourth-order valence-electron chi connectivity index (χ4n) is 1.16. The molecule has 2 aromatic heterocycles. The van der Waals surface area contributed by atoms with E-state index >= 15 is 0 Å². The monoisotopic (exact) mass is 167 g/mol. The molecule has 0 unspecified atom stereocenters. The highest BCUT2D eigenvalue weighted by molar-refractivity contribution is 5.71. The van der Waals surface area contributed by atoms with Gasteiger partial charge < -0.3 is 16.3 Å². The second-order valence-corrected chi connectivity index (χ2v) is 2.40. The van der Waals surface area contributed by atoms with Gasteiger partial charge in [0.25, 0.3) is 0 Å². The Hall–Kier alpha value is -1.85. The summed E-state index contributed by atoms with van der Waals surface area (Å²) in [6, 6.07) is 1.64. The van der Waals surface area contributed by atoms with Crippen molar-refractivity contribution in [3.8, 4) is 0 Å². The molecule has 2 aromatic rings. The number of hydrogen-bond donors (Lipinski definition) is 2. The lowest BCUT2D eigenvalue weighted by atomic mass is 10.5. The lowest BCUT2D eigenvalue weighted by Gasteiger charge is -1.97. The molecule has 64 valence electrons. The van der Waals surface area contributed by atoms with Crippen LogP contribution in [0.4, 0.5) is 11.5 Å². The number of rotatable bonds is 1. The van der Waals surface area contributed by atoms with Gasteiger partial charge in [-0.15, -0.1) is 0 Å². The third-order valence-corrected chi connectivity index (χ3v) is 1.68. The topological polar surface area (TPSA) is 83.5 Å². The molecule has 6 heteroatoms. The van der Waals surface area contributed by atoms with E-state index in [2.05, 4.69) is 5.10 Å². The van der Waals surface area contributed by atoms with Crippen molar-refractivity contribution < 1.29 is 4.84 Å². The summed E-state index contributed by atoms with van der Waals surface area (Å²) in [7, 11) is 1.53. The summed E-state index contributed by atoms with van der Waals surface area (Å²) in [6.07, 6.45) is 1.50. The van der Waals surface area contributed by atoms with Gasteiger partial charge in [0.2, 0.25) is 0 Å². The van der Waals surface area contributed by atoms with Gasteiger partial charge in [-0.1, -0.05) is 0 Å². The predicted octanol–water partition coefficient (Wildman–Crippen LogP) is -0.641. The summed E-state index contributed by atoms with van der Waals surface area (Å²) >= 11 is 0. The van der Waals surface area contributed by atoms with Crippen molar-refractivity contribution >= 4 is 17.2 Å². The molecule has 0 amide bonds. The van der Waals surface area contributed by atoms with Gasteiger partial charge in [-0.3, -0.25) is 0 Å². The second-order valence-electron chi connectivity index (χ2n) is 2.40. The van der Waals surface area contributed by atoms with Crippen LogP contribution in [0.1, 0.15) is 0 Å². The van der Waals surface area contributed by atoms with E-state index in [4.69, 9.17) is 16.3 Å². The molecule has 0 radical (unpaired) electrons. The third-order valence-electron chi connectivity index (χ3n) is 1.68. The van der Waals surface area contributed by atoms with Crippen molar-refractivity contribution in [3.63, 3.8) is 0 Å². The Morgan fingerprint density at radius 3 is 2.92 bits per heavy atom. The molecule has 2 heterocycles. The molecular formula is C6H9N5O. The molecule has 0 fully saturated rings. The molecule has 0 atom stereocenters. The summed E-state index contributed by atoms with van der Waals surface area (Å²) in [5.74, 6) is 0.498. The zero-order valence-corrected chi connectivity index (χ0v) is 6.56. The quantitative estimate of drug-likeness (QED) is 0.591. The highest BCUT2D eigenvalue weighted by atomic mass is 16.6. The molecule has 12 heavy (non-hydrogen) atoms. The Bertz CT molecular complexity index is 415. The largest absolute Gasteiger partial charge is 0.414 e. The zero-order valence-electron chi connectivity index (χ0n) is 6.56. The van der Waals surface area contributed by atoms with E-state index in [1.807, 2.05) is 0 Å². The van der Waals surface area contributed by atoms with Gasteiger partial charge in [0.05, 0.1) is 5.69 Å². The first-order chi connectivity index (χ1) is 5.74. The molecule has 0 aliphatic heterocycles. The van der Waals surface area contributed by atoms with Gasteiger partial charge in [0.1, 0.15) is 12.9 Å². The Morgan fingerprint density at radius 1 is 1.50 bits per heavy atom. The van der Waals surface area contributed by atoms with E-state index in [9.17, 15) is 0 Å². The van der Waals surface area contributed by atoms with Gasteiger partial charge in [-0.05, 0) is 0 Å². The van der Waals surface area contributed by atoms with Crippen LogP contribution in [-0.4, -0.2) is 21.5 Å². The van der Waals surface area contributed by atoms with Crippen LogP contribution in [0, 0.1) is 0 Å². The molecule has 4 N–H and O–H groups in total. The van der Waals surface area contributed by atoms with Crippen LogP contribution in [0.5, 0.6) is 0 Å². The normalized spacial score (nSPS) is 10.8. The van der Waals surface area contributed by atoms with Gasteiger partial charge in [0, 0.05) is 6.07 Å². The van der Waals surface area contributed by atoms with Gasteiger partial charge in [-0.2, -0.15) is 14.3 Å². The molecule has 0 aliphatic rings. The first-order valence-corrected chi connectivity index (χ1v) is 3.38. The Labute approximate surface area is 68.3 Å². The lowest BCUT2D eigenvalue weighted by Crippen LogP contribution is -2.04. The minimum absolute atomic E-state index is 0.498. The van der Waals surface area contributed by atoms with Gasteiger partial charge in [-0.25, -0.2) is 0 Å². The van der Waals surface area contributed by atoms with Crippen molar-refractivity contribution in [2.24, 2.45) is 0 Å². The first-order valence-electron chi connectivity index (χ1n) is 3.38. The fourth-order valence-corrected chi connectivity index (χ4v) is 1.16. The molecule has 0 spiro atoms. The molecule has 0 aliphatic carbocycles. The standard InChI is InChI=1S/C6H9N5O/c1-12-10-3-9-11-5(8)2-4(7)6(10)11/h2-3H,7-8H2,1H3. The molecule has 0 bridgehead atoms. The Balaban J connectivity index is 2.84. The van der Waals surface area contributed by atoms with E-state index in [1.165, 1.54) is 22.7 Å². The minimum atomic E-state index is 0.498. The van der Waals surface area contributed by atoms with Crippen LogP contribution in [-0.2, 0) is 0 Å². The Kier molecular flexibility index (Phi) is 1.18. The number of aromatic nitrogens is 3. The number of fused-ring (bicyclic) bond motifs is 1. The van der Waals surface area contributed by atoms with Crippen molar-refractivity contribution in [2.75, 3.05) is 18.6 Å². The van der Waals surface area contributed by atoms with Crippen molar-refractivity contribution in [1.82, 2.24) is 14.3 Å². The summed E-state index contributed by atoms with van der Waals surface area (Å²) in [6.45, 7) is 0. The second kappa shape index (κ2) is 2.07.